The van der Waals surface area contributed by atoms with Crippen LogP contribution in [0, 0.1) is 11.3 Å². The summed E-state index contributed by atoms with van der Waals surface area (Å²) in [6.07, 6.45) is -1.21. The Bertz CT molecular complexity index is 581. The van der Waals surface area contributed by atoms with Crippen LogP contribution < -0.4 is 0 Å². The van der Waals surface area contributed by atoms with E-state index in [1.54, 1.807) is 13.8 Å². The number of carbonyl (C=O) groups is 2. The molecular formula is C15H20O6. The maximum absolute atomic E-state index is 12.1. The first-order valence-corrected chi connectivity index (χ1v) is 7.17. The van der Waals surface area contributed by atoms with Crippen molar-refractivity contribution in [2.45, 2.75) is 57.5 Å². The Morgan fingerprint density at radius 1 is 1.29 bits per heavy atom. The Morgan fingerprint density at radius 2 is 1.90 bits per heavy atom. The number of hydrogen-bond acceptors (Lipinski definition) is 6. The summed E-state index contributed by atoms with van der Waals surface area (Å²) in [5, 5.41) is 32.4. The Hall–Kier alpha value is -1.24. The van der Waals surface area contributed by atoms with Gasteiger partial charge in [0.1, 0.15) is 5.78 Å². The van der Waals surface area contributed by atoms with E-state index in [0.29, 0.717) is 0 Å². The quantitative estimate of drug-likeness (QED) is 0.546. The number of rotatable bonds is 0. The molecule has 0 aromatic carbocycles. The van der Waals surface area contributed by atoms with Gasteiger partial charge in [-0.3, -0.25) is 4.79 Å². The molecular weight excluding hydrogens is 276 g/mol. The van der Waals surface area contributed by atoms with Gasteiger partial charge in [0.15, 0.2) is 0 Å². The molecule has 0 unspecified atom stereocenters. The average molecular weight is 296 g/mol. The minimum Gasteiger partial charge on any atom is -0.426 e. The van der Waals surface area contributed by atoms with Gasteiger partial charge in [0.2, 0.25) is 5.79 Å². The summed E-state index contributed by atoms with van der Waals surface area (Å²) < 4.78 is 4.99. The summed E-state index contributed by atoms with van der Waals surface area (Å²) in [5.74, 6) is -3.28. The van der Waals surface area contributed by atoms with Gasteiger partial charge in [-0.25, -0.2) is 4.79 Å². The van der Waals surface area contributed by atoms with Crippen LogP contribution in [0.3, 0.4) is 0 Å². The van der Waals surface area contributed by atoms with Crippen molar-refractivity contribution >= 4 is 11.8 Å². The lowest BCUT2D eigenvalue weighted by Crippen LogP contribution is -2.69. The number of ether oxygens (including phenoxy) is 1. The summed E-state index contributed by atoms with van der Waals surface area (Å²) in [6.45, 7) is 4.79. The topological polar surface area (TPSA) is 104 Å². The van der Waals surface area contributed by atoms with Crippen LogP contribution in [0.2, 0.25) is 0 Å². The SMILES string of the molecule is CC1=C2[C@@H](O)[C@]3(C)[C@@H](C)C(=O)CC[C@]3(O)C[C@]2(O)OC1=O. The maximum atomic E-state index is 12.1. The fourth-order valence-electron chi connectivity index (χ4n) is 4.26. The van der Waals surface area contributed by atoms with Crippen molar-refractivity contribution < 1.29 is 29.6 Å². The highest BCUT2D eigenvalue weighted by Crippen LogP contribution is 2.60. The molecule has 2 saturated carbocycles. The molecule has 0 spiro atoms. The van der Waals surface area contributed by atoms with Gasteiger partial charge in [-0.15, -0.1) is 0 Å². The third-order valence-electron chi connectivity index (χ3n) is 5.94. The summed E-state index contributed by atoms with van der Waals surface area (Å²) in [5.41, 5.74) is -2.39. The van der Waals surface area contributed by atoms with Gasteiger partial charge in [0.25, 0.3) is 0 Å². The number of Topliss-reactive ketones (excluding diaryl/α,β-unsaturated/α-hetero) is 1. The lowest BCUT2D eigenvalue weighted by molar-refractivity contribution is -0.267. The number of esters is 1. The summed E-state index contributed by atoms with van der Waals surface area (Å²) in [7, 11) is 0. The monoisotopic (exact) mass is 296 g/mol. The van der Waals surface area contributed by atoms with E-state index < -0.39 is 34.8 Å². The lowest BCUT2D eigenvalue weighted by Gasteiger charge is -2.59. The third-order valence-corrected chi connectivity index (χ3v) is 5.94. The van der Waals surface area contributed by atoms with E-state index in [2.05, 4.69) is 0 Å². The van der Waals surface area contributed by atoms with Crippen molar-refractivity contribution in [1.29, 1.82) is 0 Å². The molecule has 1 heterocycles. The first-order valence-electron chi connectivity index (χ1n) is 7.17. The van der Waals surface area contributed by atoms with E-state index in [1.807, 2.05) is 0 Å². The highest BCUT2D eigenvalue weighted by Gasteiger charge is 2.70. The molecule has 0 bridgehead atoms. The fraction of sp³-hybridized carbons (Fsp3) is 0.733. The summed E-state index contributed by atoms with van der Waals surface area (Å²) in [4.78, 5) is 23.8. The number of aliphatic hydroxyl groups excluding tert-OH is 1. The van der Waals surface area contributed by atoms with Crippen LogP contribution in [-0.2, 0) is 14.3 Å². The van der Waals surface area contributed by atoms with Crippen molar-refractivity contribution in [1.82, 2.24) is 0 Å². The zero-order chi connectivity index (χ0) is 15.8. The van der Waals surface area contributed by atoms with E-state index in [4.69, 9.17) is 4.74 Å². The predicted octanol–water partition coefficient (Wildman–Crippen LogP) is 0.0493. The van der Waals surface area contributed by atoms with E-state index in [1.165, 1.54) is 6.92 Å². The van der Waals surface area contributed by atoms with Crippen LogP contribution in [0.25, 0.3) is 0 Å². The zero-order valence-corrected chi connectivity index (χ0v) is 12.3. The highest BCUT2D eigenvalue weighted by molar-refractivity contribution is 5.93. The molecule has 0 radical (unpaired) electrons. The molecule has 0 aromatic rings. The minimum atomic E-state index is -1.98. The molecule has 2 aliphatic carbocycles. The van der Waals surface area contributed by atoms with Gasteiger partial charge < -0.3 is 20.1 Å². The standard InChI is InChI=1S/C15H20O6/c1-7-10-11(17)13(3)8(2)9(16)4-5-14(13,19)6-15(10,20)21-12(7)18/h8,11,17,19-20H,4-6H2,1-3H3/t8-,11+,13-,14-,15-/m0/s1. The maximum Gasteiger partial charge on any atom is 0.336 e. The molecule has 21 heavy (non-hydrogen) atoms. The van der Waals surface area contributed by atoms with Gasteiger partial charge in [0.05, 0.1) is 11.7 Å². The first-order chi connectivity index (χ1) is 9.57. The highest BCUT2D eigenvalue weighted by atomic mass is 16.7. The molecule has 0 saturated heterocycles. The second-order valence-corrected chi connectivity index (χ2v) is 6.79. The number of fused-ring (bicyclic) bond motifs is 2. The molecule has 2 fully saturated rings. The van der Waals surface area contributed by atoms with Crippen molar-refractivity contribution in [3.63, 3.8) is 0 Å². The molecule has 5 atom stereocenters. The molecule has 0 amide bonds. The number of hydrogen-bond donors (Lipinski definition) is 3. The molecule has 1 aliphatic heterocycles. The zero-order valence-electron chi connectivity index (χ0n) is 12.3. The molecule has 6 heteroatoms. The van der Waals surface area contributed by atoms with Crippen LogP contribution in [0.4, 0.5) is 0 Å². The number of carbonyl (C=O) groups excluding carboxylic acids is 2. The Morgan fingerprint density at radius 3 is 2.52 bits per heavy atom. The molecule has 0 aromatic heterocycles. The van der Waals surface area contributed by atoms with Gasteiger partial charge in [0, 0.05) is 35.3 Å². The van der Waals surface area contributed by atoms with Crippen molar-refractivity contribution in [2.75, 3.05) is 0 Å². The molecule has 116 valence electrons. The van der Waals surface area contributed by atoms with Crippen molar-refractivity contribution in [2.24, 2.45) is 11.3 Å². The smallest absolute Gasteiger partial charge is 0.336 e. The molecule has 3 N–H and O–H groups in total. The second-order valence-electron chi connectivity index (χ2n) is 6.79. The summed E-state index contributed by atoms with van der Waals surface area (Å²) >= 11 is 0. The predicted molar refractivity (Wildman–Crippen MR) is 70.8 cm³/mol. The minimum absolute atomic E-state index is 0.0323. The van der Waals surface area contributed by atoms with Gasteiger partial charge >= 0.3 is 5.97 Å². The Balaban J connectivity index is 2.20. The summed E-state index contributed by atoms with van der Waals surface area (Å²) in [6, 6.07) is 0. The Labute approximate surface area is 122 Å². The average Bonchev–Trinajstić information content (AvgIpc) is 2.61. The van der Waals surface area contributed by atoms with Gasteiger partial charge in [-0.05, 0) is 13.3 Å². The van der Waals surface area contributed by atoms with Crippen LogP contribution in [0.1, 0.15) is 40.0 Å². The van der Waals surface area contributed by atoms with Crippen LogP contribution in [-0.4, -0.2) is 44.6 Å². The molecule has 6 nitrogen and oxygen atoms in total. The van der Waals surface area contributed by atoms with E-state index in [0.717, 1.165) is 0 Å². The van der Waals surface area contributed by atoms with Crippen LogP contribution in [0.5, 0.6) is 0 Å². The lowest BCUT2D eigenvalue weighted by atomic mass is 9.49. The first kappa shape index (κ1) is 14.7. The normalized spacial score (nSPS) is 49.8. The second kappa shape index (κ2) is 3.94. The number of ketones is 1. The van der Waals surface area contributed by atoms with Crippen molar-refractivity contribution in [3.8, 4) is 0 Å². The largest absolute Gasteiger partial charge is 0.426 e. The van der Waals surface area contributed by atoms with Crippen LogP contribution >= 0.6 is 0 Å². The van der Waals surface area contributed by atoms with E-state index in [-0.39, 0.29) is 36.2 Å². The Kier molecular flexibility index (Phi) is 2.75. The third kappa shape index (κ3) is 1.53. The van der Waals surface area contributed by atoms with E-state index in [9.17, 15) is 24.9 Å². The fourth-order valence-corrected chi connectivity index (χ4v) is 4.26. The molecule has 3 rings (SSSR count). The molecule has 3 aliphatic rings. The van der Waals surface area contributed by atoms with Gasteiger partial charge in [-0.1, -0.05) is 13.8 Å². The van der Waals surface area contributed by atoms with E-state index >= 15 is 0 Å². The van der Waals surface area contributed by atoms with Gasteiger partial charge in [-0.2, -0.15) is 0 Å². The number of aliphatic hydroxyl groups is 3. The van der Waals surface area contributed by atoms with Crippen molar-refractivity contribution in [3.05, 3.63) is 11.1 Å². The van der Waals surface area contributed by atoms with Crippen LogP contribution in [0.15, 0.2) is 11.1 Å².